The molecule has 2 amide bonds. The van der Waals surface area contributed by atoms with Crippen LogP contribution in [-0.4, -0.2) is 60.9 Å². The zero-order valence-electron chi connectivity index (χ0n) is 10.5. The average molecular weight is 227 g/mol. The summed E-state index contributed by atoms with van der Waals surface area (Å²) in [4.78, 5) is 26.9. The van der Waals surface area contributed by atoms with Gasteiger partial charge < -0.3 is 15.1 Å². The molecule has 1 N–H and O–H groups in total. The molecule has 5 nitrogen and oxygen atoms in total. The fourth-order valence-corrected chi connectivity index (χ4v) is 2.03. The number of carbonyl (C=O) groups is 2. The van der Waals surface area contributed by atoms with Crippen LogP contribution in [0.15, 0.2) is 0 Å². The fourth-order valence-electron chi connectivity index (χ4n) is 2.03. The third-order valence-corrected chi connectivity index (χ3v) is 2.96. The third-order valence-electron chi connectivity index (χ3n) is 2.96. The van der Waals surface area contributed by atoms with Gasteiger partial charge >= 0.3 is 0 Å². The Kier molecular flexibility index (Phi) is 4.29. The molecule has 1 saturated heterocycles. The molecule has 0 bridgehead atoms. The monoisotopic (exact) mass is 227 g/mol. The Bertz CT molecular complexity index is 278. The largest absolute Gasteiger partial charge is 0.347 e. The molecule has 0 spiro atoms. The van der Waals surface area contributed by atoms with Crippen molar-refractivity contribution in [3.63, 3.8) is 0 Å². The van der Waals surface area contributed by atoms with Crippen molar-refractivity contribution in [2.75, 3.05) is 27.2 Å². The molecule has 92 valence electrons. The number of amides is 2. The van der Waals surface area contributed by atoms with Crippen molar-refractivity contribution in [2.24, 2.45) is 0 Å². The van der Waals surface area contributed by atoms with Crippen LogP contribution in [0.4, 0.5) is 0 Å². The summed E-state index contributed by atoms with van der Waals surface area (Å²) in [5, 5.41) is 3.13. The van der Waals surface area contributed by atoms with Gasteiger partial charge in [-0.2, -0.15) is 0 Å². The molecule has 0 aliphatic carbocycles. The van der Waals surface area contributed by atoms with Gasteiger partial charge in [0.2, 0.25) is 11.8 Å². The predicted molar refractivity (Wildman–Crippen MR) is 62.0 cm³/mol. The van der Waals surface area contributed by atoms with E-state index in [0.29, 0.717) is 6.54 Å². The van der Waals surface area contributed by atoms with E-state index in [1.807, 2.05) is 6.92 Å². The highest BCUT2D eigenvalue weighted by atomic mass is 16.2. The highest BCUT2D eigenvalue weighted by Crippen LogP contribution is 2.15. The third kappa shape index (κ3) is 2.52. The molecule has 1 aliphatic rings. The van der Waals surface area contributed by atoms with Crippen LogP contribution in [0.3, 0.4) is 0 Å². The van der Waals surface area contributed by atoms with Gasteiger partial charge in [0, 0.05) is 20.6 Å². The Morgan fingerprint density at radius 3 is 2.75 bits per heavy atom. The van der Waals surface area contributed by atoms with E-state index < -0.39 is 0 Å². The molecule has 0 aromatic heterocycles. The first-order valence-corrected chi connectivity index (χ1v) is 5.74. The molecule has 16 heavy (non-hydrogen) atoms. The summed E-state index contributed by atoms with van der Waals surface area (Å²) in [6.07, 6.45) is 0.789. The Morgan fingerprint density at radius 2 is 2.25 bits per heavy atom. The normalized spacial score (nSPS) is 22.4. The van der Waals surface area contributed by atoms with Crippen molar-refractivity contribution in [3.05, 3.63) is 0 Å². The van der Waals surface area contributed by atoms with E-state index in [9.17, 15) is 9.59 Å². The fraction of sp³-hybridized carbons (Fsp3) is 0.818. The van der Waals surface area contributed by atoms with Gasteiger partial charge in [-0.3, -0.25) is 9.59 Å². The second-order valence-corrected chi connectivity index (χ2v) is 4.34. The zero-order chi connectivity index (χ0) is 12.3. The Balaban J connectivity index is 2.63. The Labute approximate surface area is 96.8 Å². The number of nitrogens with one attached hydrogen (secondary N) is 1. The molecule has 0 aromatic carbocycles. The second kappa shape index (κ2) is 5.30. The summed E-state index contributed by atoms with van der Waals surface area (Å²) in [5.41, 5.74) is 0. The summed E-state index contributed by atoms with van der Waals surface area (Å²) < 4.78 is 0. The van der Waals surface area contributed by atoms with E-state index in [-0.39, 0.29) is 23.9 Å². The van der Waals surface area contributed by atoms with Crippen molar-refractivity contribution in [3.8, 4) is 0 Å². The van der Waals surface area contributed by atoms with Crippen LogP contribution in [0, 0.1) is 0 Å². The molecule has 1 aliphatic heterocycles. The standard InChI is InChI=1S/C11H21N3O2/c1-5-12-9-6-7-14(11(9)16)8(2)10(15)13(3)4/h8-9,12H,5-7H2,1-4H3. The highest BCUT2D eigenvalue weighted by Gasteiger charge is 2.36. The first-order valence-electron chi connectivity index (χ1n) is 5.74. The number of likely N-dealkylation sites (N-methyl/N-ethyl adjacent to an activating group) is 2. The first-order chi connectivity index (χ1) is 7.49. The Hall–Kier alpha value is -1.10. The van der Waals surface area contributed by atoms with Gasteiger partial charge in [-0.05, 0) is 19.9 Å². The van der Waals surface area contributed by atoms with Crippen molar-refractivity contribution in [1.82, 2.24) is 15.1 Å². The van der Waals surface area contributed by atoms with Crippen molar-refractivity contribution < 1.29 is 9.59 Å². The van der Waals surface area contributed by atoms with Crippen LogP contribution >= 0.6 is 0 Å². The van der Waals surface area contributed by atoms with Crippen molar-refractivity contribution in [1.29, 1.82) is 0 Å². The molecule has 0 saturated carbocycles. The molecule has 1 heterocycles. The number of nitrogens with zero attached hydrogens (tertiary/aromatic N) is 2. The minimum Gasteiger partial charge on any atom is -0.347 e. The second-order valence-electron chi connectivity index (χ2n) is 4.34. The molecule has 1 fully saturated rings. The lowest BCUT2D eigenvalue weighted by Crippen LogP contribution is -2.48. The van der Waals surface area contributed by atoms with Crippen LogP contribution in [0.2, 0.25) is 0 Å². The number of hydrogen-bond donors (Lipinski definition) is 1. The number of likely N-dealkylation sites (tertiary alicyclic amines) is 1. The summed E-state index contributed by atoms with van der Waals surface area (Å²) in [6, 6.07) is -0.464. The van der Waals surface area contributed by atoms with E-state index in [0.717, 1.165) is 13.0 Å². The maximum absolute atomic E-state index is 12.0. The van der Waals surface area contributed by atoms with E-state index >= 15 is 0 Å². The minimum atomic E-state index is -0.355. The number of rotatable bonds is 4. The maximum atomic E-state index is 12.0. The first kappa shape index (κ1) is 13.0. The number of hydrogen-bond acceptors (Lipinski definition) is 3. The lowest BCUT2D eigenvalue weighted by molar-refractivity contribution is -0.141. The van der Waals surface area contributed by atoms with Gasteiger partial charge in [0.05, 0.1) is 6.04 Å². The van der Waals surface area contributed by atoms with Crippen LogP contribution in [-0.2, 0) is 9.59 Å². The van der Waals surface area contributed by atoms with E-state index in [1.54, 1.807) is 25.9 Å². The smallest absolute Gasteiger partial charge is 0.244 e. The van der Waals surface area contributed by atoms with E-state index in [4.69, 9.17) is 0 Å². The van der Waals surface area contributed by atoms with Gasteiger partial charge in [-0.25, -0.2) is 0 Å². The van der Waals surface area contributed by atoms with Crippen LogP contribution < -0.4 is 5.32 Å². The molecule has 0 aromatic rings. The van der Waals surface area contributed by atoms with Crippen LogP contribution in [0.25, 0.3) is 0 Å². The number of carbonyl (C=O) groups excluding carboxylic acids is 2. The average Bonchev–Trinajstić information content (AvgIpc) is 2.59. The molecular formula is C11H21N3O2. The zero-order valence-corrected chi connectivity index (χ0v) is 10.5. The van der Waals surface area contributed by atoms with Gasteiger partial charge in [0.25, 0.3) is 0 Å². The van der Waals surface area contributed by atoms with Crippen LogP contribution in [0.5, 0.6) is 0 Å². The van der Waals surface area contributed by atoms with Gasteiger partial charge in [0.1, 0.15) is 6.04 Å². The van der Waals surface area contributed by atoms with Gasteiger partial charge in [-0.1, -0.05) is 6.92 Å². The van der Waals surface area contributed by atoms with Crippen LogP contribution in [0.1, 0.15) is 20.3 Å². The molecular weight excluding hydrogens is 206 g/mol. The molecule has 5 heteroatoms. The summed E-state index contributed by atoms with van der Waals surface area (Å²) in [7, 11) is 3.42. The molecule has 0 radical (unpaired) electrons. The van der Waals surface area contributed by atoms with E-state index in [1.165, 1.54) is 4.90 Å². The quantitative estimate of drug-likeness (QED) is 0.716. The summed E-state index contributed by atoms with van der Waals surface area (Å²) in [5.74, 6) is 0.0232. The van der Waals surface area contributed by atoms with Gasteiger partial charge in [0.15, 0.2) is 0 Å². The minimum absolute atomic E-state index is 0.0227. The maximum Gasteiger partial charge on any atom is 0.244 e. The van der Waals surface area contributed by atoms with E-state index in [2.05, 4.69) is 5.32 Å². The SMILES string of the molecule is CCNC1CCN(C(C)C(=O)N(C)C)C1=O. The summed E-state index contributed by atoms with van der Waals surface area (Å²) in [6.45, 7) is 5.20. The lowest BCUT2D eigenvalue weighted by atomic mass is 10.2. The van der Waals surface area contributed by atoms with Crippen molar-refractivity contribution >= 4 is 11.8 Å². The molecule has 1 rings (SSSR count). The predicted octanol–water partition coefficient (Wildman–Crippen LogP) is -0.326. The van der Waals surface area contributed by atoms with Gasteiger partial charge in [-0.15, -0.1) is 0 Å². The highest BCUT2D eigenvalue weighted by molar-refractivity contribution is 5.90. The summed E-state index contributed by atoms with van der Waals surface area (Å²) >= 11 is 0. The molecule has 2 unspecified atom stereocenters. The lowest BCUT2D eigenvalue weighted by Gasteiger charge is -2.26. The molecule has 2 atom stereocenters. The van der Waals surface area contributed by atoms with Crippen molar-refractivity contribution in [2.45, 2.75) is 32.4 Å². The topological polar surface area (TPSA) is 52.7 Å². The Morgan fingerprint density at radius 1 is 1.62 bits per heavy atom.